The highest BCUT2D eigenvalue weighted by atomic mass is 32.1. The molecule has 0 atom stereocenters. The second-order valence-corrected chi connectivity index (χ2v) is 4.46. The van der Waals surface area contributed by atoms with Gasteiger partial charge in [0.1, 0.15) is 11.4 Å². The molecule has 2 rings (SSSR count). The van der Waals surface area contributed by atoms with E-state index in [1.165, 1.54) is 35.3 Å². The molecule has 1 aliphatic rings. The molecule has 4 nitrogen and oxygen atoms in total. The Balaban J connectivity index is 2.38. The molecule has 1 heterocycles. The molecular weight excluding hydrogens is 279 g/mol. The minimum absolute atomic E-state index is 0.0382. The Morgan fingerprint density at radius 1 is 1.40 bits per heavy atom. The number of hydrogen-bond acceptors (Lipinski definition) is 3. The van der Waals surface area contributed by atoms with E-state index in [2.05, 4.69) is 11.9 Å². The van der Waals surface area contributed by atoms with Gasteiger partial charge in [-0.25, -0.2) is 4.39 Å². The van der Waals surface area contributed by atoms with Gasteiger partial charge in [0.2, 0.25) is 0 Å². The van der Waals surface area contributed by atoms with Gasteiger partial charge in [0.15, 0.2) is 5.11 Å². The Hall–Kier alpha value is -2.34. The third kappa shape index (κ3) is 2.80. The minimum atomic E-state index is -0.593. The zero-order valence-electron chi connectivity index (χ0n) is 10.4. The Morgan fingerprint density at radius 3 is 2.80 bits per heavy atom. The quantitative estimate of drug-likeness (QED) is 0.398. The maximum Gasteiger partial charge on any atom is 0.265 e. The second kappa shape index (κ2) is 5.75. The summed E-state index contributed by atoms with van der Waals surface area (Å²) >= 11 is 4.92. The lowest BCUT2D eigenvalue weighted by Gasteiger charge is -2.27. The number of thiocarbonyl (C=S) groups is 1. The van der Waals surface area contributed by atoms with Crippen molar-refractivity contribution < 1.29 is 14.0 Å². The lowest BCUT2D eigenvalue weighted by molar-refractivity contribution is -0.128. The van der Waals surface area contributed by atoms with E-state index in [0.717, 1.165) is 0 Å². The summed E-state index contributed by atoms with van der Waals surface area (Å²) in [6.07, 6.45) is 2.83. The second-order valence-electron chi connectivity index (χ2n) is 4.08. The fourth-order valence-corrected chi connectivity index (χ4v) is 2.00. The van der Waals surface area contributed by atoms with Crippen LogP contribution in [-0.4, -0.2) is 28.4 Å². The van der Waals surface area contributed by atoms with Crippen LogP contribution in [0.3, 0.4) is 0 Å². The number of rotatable bonds is 3. The summed E-state index contributed by atoms with van der Waals surface area (Å²) in [6, 6.07) is 5.61. The summed E-state index contributed by atoms with van der Waals surface area (Å²) in [5, 5.41) is 2.46. The van der Waals surface area contributed by atoms with Gasteiger partial charge < -0.3 is 0 Å². The number of amides is 2. The Morgan fingerprint density at radius 2 is 2.15 bits per heavy atom. The fourth-order valence-electron chi connectivity index (χ4n) is 1.75. The SMILES string of the molecule is C=CCN1C(=O)/C(=C/c2cccc(F)c2)C(=O)NC1=S. The van der Waals surface area contributed by atoms with Gasteiger partial charge >= 0.3 is 0 Å². The molecule has 2 amide bonds. The zero-order valence-corrected chi connectivity index (χ0v) is 11.2. The molecule has 102 valence electrons. The normalized spacial score (nSPS) is 17.4. The van der Waals surface area contributed by atoms with Crippen LogP contribution in [0, 0.1) is 5.82 Å². The fraction of sp³-hybridized carbons (Fsp3) is 0.0714. The maximum absolute atomic E-state index is 13.1. The van der Waals surface area contributed by atoms with E-state index in [0.29, 0.717) is 5.56 Å². The largest absolute Gasteiger partial charge is 0.298 e. The third-order valence-electron chi connectivity index (χ3n) is 2.66. The minimum Gasteiger partial charge on any atom is -0.298 e. The van der Waals surface area contributed by atoms with Crippen LogP contribution in [0.1, 0.15) is 5.56 Å². The molecule has 0 bridgehead atoms. The van der Waals surface area contributed by atoms with Crippen molar-refractivity contribution in [3.05, 3.63) is 53.9 Å². The number of halogens is 1. The van der Waals surface area contributed by atoms with Gasteiger partial charge in [0.25, 0.3) is 11.8 Å². The molecule has 0 radical (unpaired) electrons. The molecule has 1 aromatic rings. The Kier molecular flexibility index (Phi) is 4.05. The van der Waals surface area contributed by atoms with Crippen molar-refractivity contribution in [3.8, 4) is 0 Å². The number of carbonyl (C=O) groups excluding carboxylic acids is 2. The summed E-state index contributed by atoms with van der Waals surface area (Å²) in [4.78, 5) is 25.2. The van der Waals surface area contributed by atoms with Gasteiger partial charge in [-0.2, -0.15) is 0 Å². The molecule has 1 aromatic carbocycles. The van der Waals surface area contributed by atoms with E-state index in [1.807, 2.05) is 0 Å². The highest BCUT2D eigenvalue weighted by Crippen LogP contribution is 2.15. The first-order valence-corrected chi connectivity index (χ1v) is 6.19. The molecule has 0 unspecified atom stereocenters. The van der Waals surface area contributed by atoms with Gasteiger partial charge in [-0.05, 0) is 36.0 Å². The van der Waals surface area contributed by atoms with Gasteiger partial charge in [0.05, 0.1) is 0 Å². The maximum atomic E-state index is 13.1. The molecular formula is C14H11FN2O2S. The lowest BCUT2D eigenvalue weighted by Crippen LogP contribution is -2.53. The molecule has 0 aliphatic carbocycles. The summed E-state index contributed by atoms with van der Waals surface area (Å²) in [5.74, 6) is -1.56. The van der Waals surface area contributed by atoms with Crippen LogP contribution >= 0.6 is 12.2 Å². The van der Waals surface area contributed by atoms with Crippen molar-refractivity contribution in [1.82, 2.24) is 10.2 Å². The first kappa shape index (κ1) is 14.1. The van der Waals surface area contributed by atoms with E-state index in [-0.39, 0.29) is 17.2 Å². The summed E-state index contributed by atoms with van der Waals surface area (Å²) in [7, 11) is 0. The monoisotopic (exact) mass is 290 g/mol. The average Bonchev–Trinajstić information content (AvgIpc) is 2.39. The predicted octanol–water partition coefficient (Wildman–Crippen LogP) is 1.64. The molecule has 1 saturated heterocycles. The smallest absolute Gasteiger partial charge is 0.265 e. The molecule has 1 fully saturated rings. The Labute approximate surface area is 120 Å². The van der Waals surface area contributed by atoms with Crippen molar-refractivity contribution in [2.24, 2.45) is 0 Å². The molecule has 20 heavy (non-hydrogen) atoms. The van der Waals surface area contributed by atoms with E-state index in [4.69, 9.17) is 12.2 Å². The summed E-state index contributed by atoms with van der Waals surface area (Å²) < 4.78 is 13.1. The summed E-state index contributed by atoms with van der Waals surface area (Å²) in [6.45, 7) is 3.72. The van der Waals surface area contributed by atoms with Gasteiger partial charge in [-0.15, -0.1) is 6.58 Å². The molecule has 1 N–H and O–H groups in total. The molecule has 1 aliphatic heterocycles. The average molecular weight is 290 g/mol. The van der Waals surface area contributed by atoms with Crippen molar-refractivity contribution >= 4 is 35.2 Å². The van der Waals surface area contributed by atoms with E-state index >= 15 is 0 Å². The molecule has 0 saturated carbocycles. The number of benzene rings is 1. The van der Waals surface area contributed by atoms with Crippen molar-refractivity contribution in [1.29, 1.82) is 0 Å². The van der Waals surface area contributed by atoms with Crippen molar-refractivity contribution in [2.45, 2.75) is 0 Å². The Bertz CT molecular complexity index is 640. The van der Waals surface area contributed by atoms with Crippen molar-refractivity contribution in [3.63, 3.8) is 0 Å². The van der Waals surface area contributed by atoms with Crippen LogP contribution in [0.15, 0.2) is 42.5 Å². The van der Waals surface area contributed by atoms with Crippen LogP contribution in [0.5, 0.6) is 0 Å². The number of carbonyl (C=O) groups is 2. The van der Waals surface area contributed by atoms with E-state index in [9.17, 15) is 14.0 Å². The molecule has 6 heteroatoms. The topological polar surface area (TPSA) is 49.4 Å². The van der Waals surface area contributed by atoms with Gasteiger partial charge in [0, 0.05) is 6.54 Å². The highest BCUT2D eigenvalue weighted by Gasteiger charge is 2.32. The molecule has 0 aromatic heterocycles. The lowest BCUT2D eigenvalue weighted by atomic mass is 10.1. The van der Waals surface area contributed by atoms with E-state index in [1.54, 1.807) is 6.07 Å². The first-order valence-electron chi connectivity index (χ1n) is 5.78. The van der Waals surface area contributed by atoms with Crippen LogP contribution in [0.4, 0.5) is 4.39 Å². The van der Waals surface area contributed by atoms with Gasteiger partial charge in [-0.3, -0.25) is 19.8 Å². The van der Waals surface area contributed by atoms with Crippen molar-refractivity contribution in [2.75, 3.05) is 6.54 Å². The van der Waals surface area contributed by atoms with Gasteiger partial charge in [-0.1, -0.05) is 18.2 Å². The number of nitrogens with one attached hydrogen (secondary N) is 1. The molecule has 0 spiro atoms. The van der Waals surface area contributed by atoms with Crippen LogP contribution in [0.25, 0.3) is 6.08 Å². The van der Waals surface area contributed by atoms with E-state index < -0.39 is 17.6 Å². The predicted molar refractivity (Wildman–Crippen MR) is 77.0 cm³/mol. The highest BCUT2D eigenvalue weighted by molar-refractivity contribution is 7.80. The number of hydrogen-bond donors (Lipinski definition) is 1. The van der Waals surface area contributed by atoms with Crippen LogP contribution in [0.2, 0.25) is 0 Å². The summed E-state index contributed by atoms with van der Waals surface area (Å²) in [5.41, 5.74) is 0.334. The van der Waals surface area contributed by atoms with Crippen LogP contribution in [-0.2, 0) is 9.59 Å². The zero-order chi connectivity index (χ0) is 14.7. The first-order chi connectivity index (χ1) is 9.52. The standard InChI is InChI=1S/C14H11FN2O2S/c1-2-6-17-13(19)11(12(18)16-14(17)20)8-9-4-3-5-10(15)7-9/h2-5,7-8H,1,6H2,(H,16,18,20)/b11-8+. The van der Waals surface area contributed by atoms with Crippen LogP contribution < -0.4 is 5.32 Å². The third-order valence-corrected chi connectivity index (χ3v) is 2.98. The number of nitrogens with zero attached hydrogens (tertiary/aromatic N) is 1.